The van der Waals surface area contributed by atoms with Crippen LogP contribution in [0.3, 0.4) is 0 Å². The van der Waals surface area contributed by atoms with Crippen molar-refractivity contribution < 1.29 is 14.3 Å². The van der Waals surface area contributed by atoms with Crippen LogP contribution < -0.4 is 14.9 Å². The molecule has 0 saturated heterocycles. The molecule has 2 aromatic rings. The number of methoxy groups -OCH3 is 1. The van der Waals surface area contributed by atoms with Crippen molar-refractivity contribution >= 4 is 23.2 Å². The van der Waals surface area contributed by atoms with E-state index in [1.165, 1.54) is 11.3 Å². The second-order valence-electron chi connectivity index (χ2n) is 4.78. The van der Waals surface area contributed by atoms with Gasteiger partial charge in [-0.1, -0.05) is 13.0 Å². The molecule has 0 bridgehead atoms. The molecule has 0 aliphatic carbocycles. The highest BCUT2D eigenvalue weighted by Crippen LogP contribution is 2.14. The molecule has 1 heterocycles. The molecule has 0 aliphatic rings. The number of likely N-dealkylation sites (N-methyl/N-ethyl adjacent to an activating group) is 1. The molecule has 0 unspecified atom stereocenters. The summed E-state index contributed by atoms with van der Waals surface area (Å²) in [6.07, 6.45) is 2.38. The second-order valence-corrected chi connectivity index (χ2v) is 5.65. The van der Waals surface area contributed by atoms with Gasteiger partial charge in [0.2, 0.25) is 5.91 Å². The van der Waals surface area contributed by atoms with Gasteiger partial charge < -0.3 is 14.6 Å². The molecule has 1 N–H and O–H groups in total. The highest BCUT2D eigenvalue weighted by Gasteiger charge is 2.18. The van der Waals surface area contributed by atoms with E-state index in [0.29, 0.717) is 22.5 Å². The zero-order valence-corrected chi connectivity index (χ0v) is 14.1. The van der Waals surface area contributed by atoms with Crippen LogP contribution >= 0.6 is 11.3 Å². The number of hydrogen-bond donors (Lipinski definition) is 1. The third kappa shape index (κ3) is 3.87. The number of thiazole rings is 1. The summed E-state index contributed by atoms with van der Waals surface area (Å²) in [7, 11) is 3.14. The summed E-state index contributed by atoms with van der Waals surface area (Å²) in [5, 5.41) is 4.44. The van der Waals surface area contributed by atoms with E-state index in [0.717, 1.165) is 0 Å². The lowest BCUT2D eigenvalue weighted by Gasteiger charge is -2.14. The van der Waals surface area contributed by atoms with Crippen LogP contribution in [0.25, 0.3) is 0 Å². The summed E-state index contributed by atoms with van der Waals surface area (Å²) in [4.78, 5) is 29.0. The number of hydrogen-bond acceptors (Lipinski definition) is 4. The average Bonchev–Trinajstić information content (AvgIpc) is 3.03. The van der Waals surface area contributed by atoms with Crippen molar-refractivity contribution in [1.29, 1.82) is 0 Å². The van der Waals surface area contributed by atoms with Gasteiger partial charge in [-0.3, -0.25) is 9.59 Å². The number of carbonyl (C=O) groups excluding carboxylic acids is 2. The maximum atomic E-state index is 12.4. The zero-order chi connectivity index (χ0) is 16.8. The topological polar surface area (TPSA) is 72.7 Å². The Morgan fingerprint density at radius 2 is 2.22 bits per heavy atom. The van der Waals surface area contributed by atoms with Crippen LogP contribution in [0.15, 0.2) is 40.8 Å². The van der Waals surface area contributed by atoms with Crippen LogP contribution in [0.2, 0.25) is 0 Å². The van der Waals surface area contributed by atoms with Crippen molar-refractivity contribution in [2.45, 2.75) is 19.4 Å². The summed E-state index contributed by atoms with van der Waals surface area (Å²) in [5.74, 6) is 0.120. The standard InChI is InChI=1S/C16H19N3O3S/c1-4-13(15(21)17-2)19-8-9-23-16(19)18-14(20)11-6-5-7-12(10-11)22-3/h5-10,13H,4H2,1-3H3,(H,17,21)/t13-/m0/s1. The van der Waals surface area contributed by atoms with E-state index in [2.05, 4.69) is 10.3 Å². The highest BCUT2D eigenvalue weighted by atomic mass is 32.1. The van der Waals surface area contributed by atoms with Crippen LogP contribution in [0.1, 0.15) is 29.7 Å². The second kappa shape index (κ2) is 7.73. The minimum Gasteiger partial charge on any atom is -0.497 e. The van der Waals surface area contributed by atoms with E-state index in [1.54, 1.807) is 49.2 Å². The summed E-state index contributed by atoms with van der Waals surface area (Å²) >= 11 is 1.32. The summed E-state index contributed by atoms with van der Waals surface area (Å²) in [6, 6.07) is 6.44. The van der Waals surface area contributed by atoms with Gasteiger partial charge in [-0.2, -0.15) is 4.99 Å². The molecular weight excluding hydrogens is 314 g/mol. The van der Waals surface area contributed by atoms with Crippen LogP contribution in [-0.4, -0.2) is 30.5 Å². The van der Waals surface area contributed by atoms with E-state index in [1.807, 2.05) is 12.3 Å². The minimum absolute atomic E-state index is 0.110. The van der Waals surface area contributed by atoms with E-state index < -0.39 is 0 Å². The van der Waals surface area contributed by atoms with E-state index in [4.69, 9.17) is 4.74 Å². The van der Waals surface area contributed by atoms with Gasteiger partial charge in [0, 0.05) is 24.2 Å². The Hall–Kier alpha value is -2.41. The quantitative estimate of drug-likeness (QED) is 0.909. The third-order valence-corrected chi connectivity index (χ3v) is 4.17. The summed E-state index contributed by atoms with van der Waals surface area (Å²) < 4.78 is 6.84. The van der Waals surface area contributed by atoms with Crippen LogP contribution in [0.4, 0.5) is 0 Å². The number of carbonyl (C=O) groups is 2. The van der Waals surface area contributed by atoms with Crippen molar-refractivity contribution in [3.63, 3.8) is 0 Å². The first-order chi connectivity index (χ1) is 11.1. The first-order valence-electron chi connectivity index (χ1n) is 7.21. The van der Waals surface area contributed by atoms with Gasteiger partial charge >= 0.3 is 0 Å². The average molecular weight is 333 g/mol. The van der Waals surface area contributed by atoms with Crippen molar-refractivity contribution in [2.24, 2.45) is 4.99 Å². The minimum atomic E-state index is -0.386. The van der Waals surface area contributed by atoms with Crippen LogP contribution in [0.5, 0.6) is 5.75 Å². The van der Waals surface area contributed by atoms with Crippen LogP contribution in [0, 0.1) is 0 Å². The molecule has 1 atom stereocenters. The lowest BCUT2D eigenvalue weighted by molar-refractivity contribution is -0.124. The Balaban J connectivity index is 2.38. The predicted octanol–water partition coefficient (Wildman–Crippen LogP) is 2.00. The predicted molar refractivity (Wildman–Crippen MR) is 88.6 cm³/mol. The van der Waals surface area contributed by atoms with Gasteiger partial charge in [0.1, 0.15) is 11.8 Å². The molecule has 0 radical (unpaired) electrons. The van der Waals surface area contributed by atoms with Crippen molar-refractivity contribution in [1.82, 2.24) is 9.88 Å². The first-order valence-corrected chi connectivity index (χ1v) is 8.09. The Labute approximate surface area is 138 Å². The SMILES string of the molecule is CC[C@@H](C(=O)NC)n1ccsc1=NC(=O)c1cccc(OC)c1. The van der Waals surface area contributed by atoms with Gasteiger partial charge in [0.15, 0.2) is 4.80 Å². The summed E-state index contributed by atoms with van der Waals surface area (Å²) in [5.41, 5.74) is 0.442. The molecule has 0 saturated carbocycles. The smallest absolute Gasteiger partial charge is 0.279 e. The fraction of sp³-hybridized carbons (Fsp3) is 0.312. The molecule has 23 heavy (non-hydrogen) atoms. The van der Waals surface area contributed by atoms with Crippen molar-refractivity contribution in [2.75, 3.05) is 14.2 Å². The van der Waals surface area contributed by atoms with Gasteiger partial charge in [0.05, 0.1) is 7.11 Å². The lowest BCUT2D eigenvalue weighted by Crippen LogP contribution is -2.33. The molecule has 7 heteroatoms. The molecule has 1 aromatic heterocycles. The fourth-order valence-corrected chi connectivity index (χ4v) is 2.94. The lowest BCUT2D eigenvalue weighted by atomic mass is 10.2. The maximum absolute atomic E-state index is 12.4. The Morgan fingerprint density at radius 1 is 1.43 bits per heavy atom. The third-order valence-electron chi connectivity index (χ3n) is 3.40. The van der Waals surface area contributed by atoms with Gasteiger partial charge in [0.25, 0.3) is 5.91 Å². The van der Waals surface area contributed by atoms with Gasteiger partial charge in [-0.15, -0.1) is 11.3 Å². The van der Waals surface area contributed by atoms with E-state index in [9.17, 15) is 9.59 Å². The monoisotopic (exact) mass is 333 g/mol. The Bertz CT molecular complexity index is 764. The molecule has 2 rings (SSSR count). The molecule has 1 aromatic carbocycles. The first kappa shape index (κ1) is 17.0. The number of benzene rings is 1. The molecule has 0 aliphatic heterocycles. The Morgan fingerprint density at radius 3 is 2.87 bits per heavy atom. The molecule has 6 nitrogen and oxygen atoms in total. The van der Waals surface area contributed by atoms with Gasteiger partial charge in [-0.25, -0.2) is 0 Å². The van der Waals surface area contributed by atoms with Crippen molar-refractivity contribution in [3.05, 3.63) is 46.2 Å². The number of aromatic nitrogens is 1. The van der Waals surface area contributed by atoms with Crippen LogP contribution in [-0.2, 0) is 4.79 Å². The molecule has 2 amide bonds. The maximum Gasteiger partial charge on any atom is 0.279 e. The number of ether oxygens (including phenoxy) is 1. The normalized spacial score (nSPS) is 12.7. The van der Waals surface area contributed by atoms with Gasteiger partial charge in [-0.05, 0) is 24.6 Å². The highest BCUT2D eigenvalue weighted by molar-refractivity contribution is 7.07. The molecule has 0 spiro atoms. The van der Waals surface area contributed by atoms with E-state index in [-0.39, 0.29) is 17.9 Å². The number of rotatable bonds is 5. The number of nitrogens with zero attached hydrogens (tertiary/aromatic N) is 2. The molecular formula is C16H19N3O3S. The Kier molecular flexibility index (Phi) is 5.70. The van der Waals surface area contributed by atoms with Crippen molar-refractivity contribution in [3.8, 4) is 5.75 Å². The largest absolute Gasteiger partial charge is 0.497 e. The number of nitrogens with one attached hydrogen (secondary N) is 1. The van der Waals surface area contributed by atoms with E-state index >= 15 is 0 Å². The zero-order valence-electron chi connectivity index (χ0n) is 13.3. The molecule has 0 fully saturated rings. The number of amides is 2. The molecule has 122 valence electrons. The summed E-state index contributed by atoms with van der Waals surface area (Å²) in [6.45, 7) is 1.91. The fourth-order valence-electron chi connectivity index (χ4n) is 2.19.